The van der Waals surface area contributed by atoms with Gasteiger partial charge in [-0.15, -0.1) is 0 Å². The summed E-state index contributed by atoms with van der Waals surface area (Å²) in [6.07, 6.45) is -1.22. The van der Waals surface area contributed by atoms with E-state index in [0.29, 0.717) is 19.4 Å². The Kier molecular flexibility index (Phi) is 5.07. The maximum Gasteiger partial charge on any atom is 0.406 e. The summed E-state index contributed by atoms with van der Waals surface area (Å²) >= 11 is 0. The van der Waals surface area contributed by atoms with Crippen LogP contribution in [0.3, 0.4) is 0 Å². The number of alkyl halides is 3. The zero-order chi connectivity index (χ0) is 16.3. The number of rotatable bonds is 5. The molecular formula is C13H19F3N4O2. The van der Waals surface area contributed by atoms with Crippen LogP contribution in [0.15, 0.2) is 12.4 Å². The van der Waals surface area contributed by atoms with Gasteiger partial charge in [-0.2, -0.15) is 13.2 Å². The van der Waals surface area contributed by atoms with Crippen molar-refractivity contribution in [3.8, 4) is 0 Å². The molecule has 1 aromatic heterocycles. The van der Waals surface area contributed by atoms with Crippen LogP contribution in [-0.2, 0) is 22.6 Å². The molecule has 1 aliphatic heterocycles. The average molecular weight is 320 g/mol. The highest BCUT2D eigenvalue weighted by atomic mass is 19.4. The monoisotopic (exact) mass is 320 g/mol. The van der Waals surface area contributed by atoms with Crippen molar-refractivity contribution in [3.63, 3.8) is 0 Å². The van der Waals surface area contributed by atoms with E-state index in [9.17, 15) is 18.0 Å². The van der Waals surface area contributed by atoms with Gasteiger partial charge in [0.25, 0.3) is 5.91 Å². The number of imidazole rings is 1. The van der Waals surface area contributed by atoms with E-state index < -0.39 is 18.8 Å². The molecule has 6 nitrogen and oxygen atoms in total. The molecule has 2 atom stereocenters. The molecule has 0 unspecified atom stereocenters. The van der Waals surface area contributed by atoms with Crippen molar-refractivity contribution in [2.75, 3.05) is 13.6 Å². The molecule has 2 rings (SSSR count). The van der Waals surface area contributed by atoms with Crippen molar-refractivity contribution in [2.45, 2.75) is 44.3 Å². The Bertz CT molecular complexity index is 518. The Morgan fingerprint density at radius 2 is 2.27 bits per heavy atom. The number of likely N-dealkylation sites (N-methyl/N-ethyl adjacent to an activating group) is 1. The number of hydrogen-bond acceptors (Lipinski definition) is 4. The van der Waals surface area contributed by atoms with Gasteiger partial charge in [-0.1, -0.05) is 0 Å². The zero-order valence-electron chi connectivity index (χ0n) is 12.2. The van der Waals surface area contributed by atoms with Crippen molar-refractivity contribution in [3.05, 3.63) is 18.2 Å². The number of carbonyl (C=O) groups is 1. The summed E-state index contributed by atoms with van der Waals surface area (Å²) in [5.41, 5.74) is 5.49. The van der Waals surface area contributed by atoms with Gasteiger partial charge in [-0.3, -0.25) is 4.79 Å². The van der Waals surface area contributed by atoms with Gasteiger partial charge in [0, 0.05) is 26.0 Å². The topological polar surface area (TPSA) is 73.4 Å². The molecule has 0 aromatic carbocycles. The van der Waals surface area contributed by atoms with E-state index >= 15 is 0 Å². The lowest BCUT2D eigenvalue weighted by Gasteiger charge is -2.21. The van der Waals surface area contributed by atoms with Crippen LogP contribution < -0.4 is 5.73 Å². The third kappa shape index (κ3) is 4.20. The summed E-state index contributed by atoms with van der Waals surface area (Å²) < 4.78 is 43.9. The number of hydrogen-bond donors (Lipinski definition) is 1. The first-order valence-electron chi connectivity index (χ1n) is 6.97. The maximum absolute atomic E-state index is 12.5. The van der Waals surface area contributed by atoms with Gasteiger partial charge in [0.2, 0.25) is 0 Å². The third-order valence-electron chi connectivity index (χ3n) is 3.55. The maximum atomic E-state index is 12.5. The lowest BCUT2D eigenvalue weighted by molar-refractivity contribution is -0.143. The zero-order valence-corrected chi connectivity index (χ0v) is 12.2. The molecule has 124 valence electrons. The molecule has 9 heteroatoms. The molecule has 22 heavy (non-hydrogen) atoms. The summed E-state index contributed by atoms with van der Waals surface area (Å²) in [7, 11) is 1.52. The second-order valence-corrected chi connectivity index (χ2v) is 5.34. The van der Waals surface area contributed by atoms with Crippen LogP contribution >= 0.6 is 0 Å². The van der Waals surface area contributed by atoms with Crippen LogP contribution in [0.4, 0.5) is 13.2 Å². The molecule has 1 aromatic rings. The number of carbonyl (C=O) groups excluding carboxylic acids is 1. The van der Waals surface area contributed by atoms with Crippen LogP contribution in [0.25, 0.3) is 0 Å². The van der Waals surface area contributed by atoms with E-state index in [2.05, 4.69) is 4.98 Å². The first-order valence-corrected chi connectivity index (χ1v) is 6.97. The fourth-order valence-electron chi connectivity index (χ4n) is 2.43. The summed E-state index contributed by atoms with van der Waals surface area (Å²) in [5.74, 6) is -0.0842. The molecule has 2 N–H and O–H groups in total. The van der Waals surface area contributed by atoms with Crippen LogP contribution in [0.1, 0.15) is 18.7 Å². The number of nitrogens with two attached hydrogens (primary N) is 1. The van der Waals surface area contributed by atoms with Crippen molar-refractivity contribution < 1.29 is 22.7 Å². The van der Waals surface area contributed by atoms with Gasteiger partial charge >= 0.3 is 6.18 Å². The Hall–Kier alpha value is -1.61. The normalized spacial score (nSPS) is 22.0. The predicted molar refractivity (Wildman–Crippen MR) is 71.7 cm³/mol. The van der Waals surface area contributed by atoms with E-state index in [1.54, 1.807) is 0 Å². The molecule has 0 aliphatic carbocycles. The van der Waals surface area contributed by atoms with Crippen molar-refractivity contribution in [1.82, 2.24) is 14.5 Å². The summed E-state index contributed by atoms with van der Waals surface area (Å²) in [6, 6.07) is 0. The average Bonchev–Trinajstić information content (AvgIpc) is 3.06. The smallest absolute Gasteiger partial charge is 0.364 e. The highest BCUT2D eigenvalue weighted by molar-refractivity contribution is 5.80. The molecule has 0 radical (unpaired) electrons. The van der Waals surface area contributed by atoms with Crippen LogP contribution in [0.5, 0.6) is 0 Å². The molecule has 1 fully saturated rings. The van der Waals surface area contributed by atoms with E-state index in [-0.39, 0.29) is 24.4 Å². The lowest BCUT2D eigenvalue weighted by atomic mass is 10.2. The van der Waals surface area contributed by atoms with Crippen molar-refractivity contribution in [1.29, 1.82) is 0 Å². The van der Waals surface area contributed by atoms with Gasteiger partial charge in [-0.25, -0.2) is 4.98 Å². The Labute approximate surface area is 126 Å². The lowest BCUT2D eigenvalue weighted by Crippen LogP contribution is -2.37. The van der Waals surface area contributed by atoms with Crippen molar-refractivity contribution in [2.24, 2.45) is 5.73 Å². The van der Waals surface area contributed by atoms with Gasteiger partial charge < -0.3 is 19.9 Å². The standard InChI is InChI=1S/C13H19F3N4O2/c1-19(12(21)10-3-2-9(6-17)22-10)7-11-18-4-5-20(11)8-13(14,15)16/h4-5,9-10H,2-3,6-8,17H2,1H3/t9-,10+/m1/s1. The second-order valence-electron chi connectivity index (χ2n) is 5.34. The Balaban J connectivity index is 1.96. The SMILES string of the molecule is CN(Cc1nccn1CC(F)(F)F)C(=O)[C@@H]1CC[C@H](CN)O1. The van der Waals surface area contributed by atoms with Gasteiger partial charge in [0.05, 0.1) is 12.6 Å². The third-order valence-corrected chi connectivity index (χ3v) is 3.55. The molecule has 0 saturated carbocycles. The largest absolute Gasteiger partial charge is 0.406 e. The molecule has 1 aliphatic rings. The first kappa shape index (κ1) is 16.8. The number of amides is 1. The Morgan fingerprint density at radius 3 is 2.86 bits per heavy atom. The minimum atomic E-state index is -4.33. The predicted octanol–water partition coefficient (Wildman–Crippen LogP) is 0.910. The van der Waals surface area contributed by atoms with E-state index in [4.69, 9.17) is 10.5 Å². The summed E-state index contributed by atoms with van der Waals surface area (Å²) in [4.78, 5) is 17.5. The highest BCUT2D eigenvalue weighted by Crippen LogP contribution is 2.22. The number of aromatic nitrogens is 2. The quantitative estimate of drug-likeness (QED) is 0.875. The van der Waals surface area contributed by atoms with E-state index in [1.807, 2.05) is 0 Å². The summed E-state index contributed by atoms with van der Waals surface area (Å²) in [5, 5.41) is 0. The second kappa shape index (κ2) is 6.66. The highest BCUT2D eigenvalue weighted by Gasteiger charge is 2.33. The molecule has 0 bridgehead atoms. The van der Waals surface area contributed by atoms with Gasteiger partial charge in [-0.05, 0) is 12.8 Å². The van der Waals surface area contributed by atoms with E-state index in [0.717, 1.165) is 4.57 Å². The molecule has 1 saturated heterocycles. The Morgan fingerprint density at radius 1 is 1.55 bits per heavy atom. The van der Waals surface area contributed by atoms with Crippen LogP contribution in [-0.4, -0.2) is 52.3 Å². The summed E-state index contributed by atoms with van der Waals surface area (Å²) in [6.45, 7) is -0.780. The fraction of sp³-hybridized carbons (Fsp3) is 0.692. The number of ether oxygens (including phenoxy) is 1. The number of halogens is 3. The number of nitrogens with zero attached hydrogens (tertiary/aromatic N) is 3. The van der Waals surface area contributed by atoms with Gasteiger partial charge in [0.1, 0.15) is 18.5 Å². The van der Waals surface area contributed by atoms with Gasteiger partial charge in [0.15, 0.2) is 0 Å². The first-order chi connectivity index (χ1) is 10.3. The minimum absolute atomic E-state index is 0.00490. The van der Waals surface area contributed by atoms with Crippen LogP contribution in [0, 0.1) is 0 Å². The molecule has 0 spiro atoms. The molecule has 2 heterocycles. The fourth-order valence-corrected chi connectivity index (χ4v) is 2.43. The minimum Gasteiger partial charge on any atom is -0.364 e. The van der Waals surface area contributed by atoms with Crippen molar-refractivity contribution >= 4 is 5.91 Å². The molecular weight excluding hydrogens is 301 g/mol. The van der Waals surface area contributed by atoms with Crippen LogP contribution in [0.2, 0.25) is 0 Å². The van der Waals surface area contributed by atoms with E-state index in [1.165, 1.54) is 24.3 Å². The molecule has 1 amide bonds.